The van der Waals surface area contributed by atoms with Crippen LogP contribution in [0.2, 0.25) is 0 Å². The maximum absolute atomic E-state index is 9.89. The van der Waals surface area contributed by atoms with E-state index in [-0.39, 0.29) is 5.76 Å². The van der Waals surface area contributed by atoms with Gasteiger partial charge in [-0.25, -0.2) is 0 Å². The number of rotatable bonds is 3. The summed E-state index contributed by atoms with van der Waals surface area (Å²) in [5.74, 6) is 0.140. The molecular weight excluding hydrogens is 254 g/mol. The lowest BCUT2D eigenvalue weighted by molar-refractivity contribution is 0.418. The van der Waals surface area contributed by atoms with E-state index in [9.17, 15) is 5.11 Å². The molecule has 0 aliphatic carbocycles. The topological polar surface area (TPSA) is 44.1 Å². The second kappa shape index (κ2) is 5.76. The van der Waals surface area contributed by atoms with Crippen LogP contribution in [0.3, 0.4) is 0 Å². The Morgan fingerprint density at radius 2 is 1.53 bits per heavy atom. The maximum atomic E-state index is 9.89. The fraction of sp³-hybridized carbons (Fsp3) is 0.0625. The second-order valence-electron chi connectivity index (χ2n) is 4.25. The van der Waals surface area contributed by atoms with E-state index in [1.165, 1.54) is 0 Å². The first-order valence-corrected chi connectivity index (χ1v) is 6.38. The highest BCUT2D eigenvalue weighted by Crippen LogP contribution is 2.23. The van der Waals surface area contributed by atoms with Crippen LogP contribution in [0.15, 0.2) is 65.3 Å². The quantitative estimate of drug-likeness (QED) is 0.433. The average molecular weight is 269 g/mol. The minimum atomic E-state index is 0.140. The van der Waals surface area contributed by atoms with Gasteiger partial charge in [0.25, 0.3) is 0 Å². The lowest BCUT2D eigenvalue weighted by Gasteiger charge is -2.11. The first kappa shape index (κ1) is 13.4. The molecule has 0 saturated heterocycles. The van der Waals surface area contributed by atoms with Crippen LogP contribution in [0, 0.1) is 5.41 Å². The Hall–Kier alpha value is -2.00. The summed E-state index contributed by atoms with van der Waals surface area (Å²) in [6, 6.07) is 16.8. The Kier molecular flexibility index (Phi) is 4.07. The predicted molar refractivity (Wildman–Crippen MR) is 82.2 cm³/mol. The van der Waals surface area contributed by atoms with Gasteiger partial charge in [-0.3, -0.25) is 5.41 Å². The minimum Gasteiger partial charge on any atom is -0.512 e. The smallest absolute Gasteiger partial charge is 0.0991 e. The Balaban J connectivity index is 2.46. The van der Waals surface area contributed by atoms with E-state index in [2.05, 4.69) is 12.6 Å². The van der Waals surface area contributed by atoms with Crippen LogP contribution in [-0.2, 0) is 0 Å². The van der Waals surface area contributed by atoms with E-state index in [0.29, 0.717) is 11.3 Å². The van der Waals surface area contributed by atoms with E-state index >= 15 is 0 Å². The van der Waals surface area contributed by atoms with Crippen molar-refractivity contribution in [3.05, 3.63) is 71.5 Å². The highest BCUT2D eigenvalue weighted by Gasteiger charge is 2.13. The van der Waals surface area contributed by atoms with Crippen LogP contribution in [-0.4, -0.2) is 10.8 Å². The van der Waals surface area contributed by atoms with Gasteiger partial charge in [0.2, 0.25) is 0 Å². The van der Waals surface area contributed by atoms with E-state index in [1.54, 1.807) is 6.92 Å². The summed E-state index contributed by atoms with van der Waals surface area (Å²) in [5.41, 5.74) is 2.44. The summed E-state index contributed by atoms with van der Waals surface area (Å²) in [4.78, 5) is 0.852. The third-order valence-corrected chi connectivity index (χ3v) is 3.13. The van der Waals surface area contributed by atoms with Gasteiger partial charge in [0.15, 0.2) is 0 Å². The third kappa shape index (κ3) is 3.06. The van der Waals surface area contributed by atoms with Gasteiger partial charge >= 0.3 is 0 Å². The van der Waals surface area contributed by atoms with Crippen LogP contribution in [0.25, 0.3) is 5.57 Å². The highest BCUT2D eigenvalue weighted by molar-refractivity contribution is 7.80. The molecule has 0 unspecified atom stereocenters. The lowest BCUT2D eigenvalue weighted by Crippen LogP contribution is -2.05. The molecule has 0 atom stereocenters. The van der Waals surface area contributed by atoms with Crippen molar-refractivity contribution in [1.29, 1.82) is 5.41 Å². The summed E-state index contributed by atoms with van der Waals surface area (Å²) in [5, 5.41) is 18.2. The van der Waals surface area contributed by atoms with Gasteiger partial charge in [-0.15, -0.1) is 12.6 Å². The molecular formula is C16H15NOS. The number of aliphatic hydroxyl groups is 1. The van der Waals surface area contributed by atoms with Gasteiger partial charge < -0.3 is 5.11 Å². The average Bonchev–Trinajstić information content (AvgIpc) is 2.42. The Morgan fingerprint density at radius 1 is 0.947 bits per heavy atom. The summed E-state index contributed by atoms with van der Waals surface area (Å²) >= 11 is 4.24. The molecule has 2 aromatic rings. The van der Waals surface area contributed by atoms with Crippen molar-refractivity contribution in [2.24, 2.45) is 0 Å². The van der Waals surface area contributed by atoms with E-state index < -0.39 is 0 Å². The zero-order valence-electron chi connectivity index (χ0n) is 10.6. The fourth-order valence-corrected chi connectivity index (χ4v) is 2.06. The first-order chi connectivity index (χ1) is 9.09. The molecule has 2 aromatic carbocycles. The van der Waals surface area contributed by atoms with Gasteiger partial charge in [-0.2, -0.15) is 0 Å². The number of benzene rings is 2. The van der Waals surface area contributed by atoms with Crippen LogP contribution in [0.4, 0.5) is 0 Å². The van der Waals surface area contributed by atoms with E-state index in [1.807, 2.05) is 54.6 Å². The summed E-state index contributed by atoms with van der Waals surface area (Å²) in [6.45, 7) is 1.60. The van der Waals surface area contributed by atoms with Gasteiger partial charge in [-0.05, 0) is 24.6 Å². The molecule has 0 aliphatic rings. The van der Waals surface area contributed by atoms with E-state index in [4.69, 9.17) is 5.41 Å². The van der Waals surface area contributed by atoms with Gasteiger partial charge in [-0.1, -0.05) is 42.5 Å². The monoisotopic (exact) mass is 269 g/mol. The number of allylic oxidation sites excluding steroid dienone is 2. The summed E-state index contributed by atoms with van der Waals surface area (Å²) in [7, 11) is 0. The molecule has 0 heterocycles. The largest absolute Gasteiger partial charge is 0.512 e. The van der Waals surface area contributed by atoms with Crippen molar-refractivity contribution in [3.8, 4) is 0 Å². The maximum Gasteiger partial charge on any atom is 0.0991 e. The number of thiol groups is 1. The van der Waals surface area contributed by atoms with Crippen LogP contribution < -0.4 is 0 Å². The van der Waals surface area contributed by atoms with Crippen molar-refractivity contribution < 1.29 is 5.11 Å². The molecule has 0 radical (unpaired) electrons. The zero-order valence-corrected chi connectivity index (χ0v) is 11.5. The molecule has 0 amide bonds. The van der Waals surface area contributed by atoms with Crippen molar-refractivity contribution in [2.75, 3.05) is 0 Å². The molecule has 0 spiro atoms. The molecule has 0 fully saturated rings. The fourth-order valence-electron chi connectivity index (χ4n) is 1.91. The van der Waals surface area contributed by atoms with Crippen molar-refractivity contribution >= 4 is 23.9 Å². The minimum absolute atomic E-state index is 0.140. The van der Waals surface area contributed by atoms with Crippen molar-refractivity contribution in [1.82, 2.24) is 0 Å². The highest BCUT2D eigenvalue weighted by atomic mass is 32.1. The van der Waals surface area contributed by atoms with Crippen LogP contribution >= 0.6 is 12.6 Å². The zero-order chi connectivity index (χ0) is 13.8. The Bertz CT molecular complexity index is 611. The van der Waals surface area contributed by atoms with Crippen LogP contribution in [0.1, 0.15) is 18.1 Å². The summed E-state index contributed by atoms with van der Waals surface area (Å²) < 4.78 is 0. The number of nitrogens with one attached hydrogen (secondary N) is 1. The van der Waals surface area contributed by atoms with Crippen molar-refractivity contribution in [3.63, 3.8) is 0 Å². The molecule has 0 aliphatic heterocycles. The van der Waals surface area contributed by atoms with Crippen molar-refractivity contribution in [2.45, 2.75) is 11.8 Å². The molecule has 0 saturated carbocycles. The molecule has 3 heteroatoms. The molecule has 2 rings (SSSR count). The number of hydrogen-bond acceptors (Lipinski definition) is 3. The molecule has 2 N–H and O–H groups in total. The predicted octanol–water partition coefficient (Wildman–Crippen LogP) is 4.33. The molecule has 96 valence electrons. The SMILES string of the molecule is C/C(O)=C(/C(=N)c1ccccc1)c1ccc(S)cc1. The second-order valence-corrected chi connectivity index (χ2v) is 4.76. The van der Waals surface area contributed by atoms with E-state index in [0.717, 1.165) is 16.0 Å². The Morgan fingerprint density at radius 3 is 2.05 bits per heavy atom. The van der Waals surface area contributed by atoms with Gasteiger partial charge in [0.05, 0.1) is 11.5 Å². The molecule has 0 bridgehead atoms. The van der Waals surface area contributed by atoms with Gasteiger partial charge in [0.1, 0.15) is 0 Å². The number of aliphatic hydroxyl groups excluding tert-OH is 1. The summed E-state index contributed by atoms with van der Waals surface area (Å²) in [6.07, 6.45) is 0. The number of hydrogen-bond donors (Lipinski definition) is 3. The molecule has 2 nitrogen and oxygen atoms in total. The standard InChI is InChI=1S/C16H15NOS/c1-11(18)15(12-7-9-14(19)10-8-12)16(17)13-5-3-2-4-6-13/h2-10,17-19H,1H3/b15-11-,17-16?. The lowest BCUT2D eigenvalue weighted by atomic mass is 9.95. The Labute approximate surface area is 118 Å². The van der Waals surface area contributed by atoms with Gasteiger partial charge in [0, 0.05) is 16.0 Å². The molecule has 19 heavy (non-hydrogen) atoms. The normalized spacial score (nSPS) is 11.9. The first-order valence-electron chi connectivity index (χ1n) is 5.93. The molecule has 0 aromatic heterocycles. The third-order valence-electron chi connectivity index (χ3n) is 2.83. The van der Waals surface area contributed by atoms with Crippen LogP contribution in [0.5, 0.6) is 0 Å².